The lowest BCUT2D eigenvalue weighted by Crippen LogP contribution is -2.51. The van der Waals surface area contributed by atoms with Gasteiger partial charge in [-0.05, 0) is 51.3 Å². The maximum Gasteiger partial charge on any atom is 0.225 e. The van der Waals surface area contributed by atoms with Gasteiger partial charge in [-0.15, -0.1) is 0 Å². The van der Waals surface area contributed by atoms with Crippen molar-refractivity contribution in [2.45, 2.75) is 45.8 Å². The molecule has 2 saturated heterocycles. The quantitative estimate of drug-likeness (QED) is 0.839. The maximum atomic E-state index is 12.8. The normalized spacial score (nSPS) is 26.4. The highest BCUT2D eigenvalue weighted by Crippen LogP contribution is 2.25. The first-order valence-electron chi connectivity index (χ1n) is 8.65. The Balaban J connectivity index is 1.57. The second-order valence-electron chi connectivity index (χ2n) is 6.95. The number of carbonyl (C=O) groups excluding carboxylic acids is 1. The smallest absolute Gasteiger partial charge is 0.225 e. The third kappa shape index (κ3) is 3.83. The molecule has 126 valence electrons. The Morgan fingerprint density at radius 2 is 1.87 bits per heavy atom. The largest absolute Gasteiger partial charge is 0.372 e. The standard InChI is InChI=1S/C18H27N3O2/c1-13-4-7-19-17(10-13)20-8-5-16(6-9-20)18(22)21-11-14(2)23-15(3)12-21/h4,7,10,14-16H,5-6,8-9,11-12H2,1-3H3/t14-,15-/m0/s1. The summed E-state index contributed by atoms with van der Waals surface area (Å²) in [5.41, 5.74) is 1.23. The zero-order valence-corrected chi connectivity index (χ0v) is 14.4. The predicted octanol–water partition coefficient (Wildman–Crippen LogP) is 2.24. The highest BCUT2D eigenvalue weighted by Gasteiger charge is 2.32. The van der Waals surface area contributed by atoms with E-state index in [0.717, 1.165) is 44.8 Å². The van der Waals surface area contributed by atoms with Crippen LogP contribution in [0.5, 0.6) is 0 Å². The topological polar surface area (TPSA) is 45.7 Å². The zero-order chi connectivity index (χ0) is 16.4. The van der Waals surface area contributed by atoms with Crippen molar-refractivity contribution >= 4 is 11.7 Å². The van der Waals surface area contributed by atoms with Gasteiger partial charge in [0.1, 0.15) is 5.82 Å². The van der Waals surface area contributed by atoms with Crippen LogP contribution in [0.15, 0.2) is 18.3 Å². The molecule has 3 rings (SSSR count). The number of ether oxygens (including phenoxy) is 1. The van der Waals surface area contributed by atoms with Gasteiger partial charge in [0.25, 0.3) is 0 Å². The average molecular weight is 317 g/mol. The van der Waals surface area contributed by atoms with Crippen LogP contribution in [-0.4, -0.2) is 54.2 Å². The molecule has 2 atom stereocenters. The molecule has 1 aromatic heterocycles. The van der Waals surface area contributed by atoms with E-state index in [2.05, 4.69) is 22.9 Å². The van der Waals surface area contributed by atoms with Gasteiger partial charge in [0.05, 0.1) is 12.2 Å². The summed E-state index contributed by atoms with van der Waals surface area (Å²) in [4.78, 5) is 21.5. The number of pyridine rings is 1. The third-order valence-electron chi connectivity index (χ3n) is 4.80. The molecule has 0 N–H and O–H groups in total. The zero-order valence-electron chi connectivity index (χ0n) is 14.4. The van der Waals surface area contributed by atoms with Crippen LogP contribution < -0.4 is 4.90 Å². The minimum absolute atomic E-state index is 0.138. The van der Waals surface area contributed by atoms with Crippen molar-refractivity contribution in [1.29, 1.82) is 0 Å². The molecule has 2 aliphatic rings. The Morgan fingerprint density at radius 3 is 2.48 bits per heavy atom. The number of carbonyl (C=O) groups is 1. The van der Waals surface area contributed by atoms with Crippen LogP contribution in [0, 0.1) is 12.8 Å². The van der Waals surface area contributed by atoms with E-state index in [0.29, 0.717) is 5.91 Å². The van der Waals surface area contributed by atoms with E-state index >= 15 is 0 Å². The summed E-state index contributed by atoms with van der Waals surface area (Å²) in [6.07, 6.45) is 3.96. The van der Waals surface area contributed by atoms with Crippen LogP contribution in [-0.2, 0) is 9.53 Å². The second kappa shape index (κ2) is 6.87. The number of hydrogen-bond donors (Lipinski definition) is 0. The van der Waals surface area contributed by atoms with Crippen molar-refractivity contribution in [2.24, 2.45) is 5.92 Å². The van der Waals surface area contributed by atoms with E-state index in [4.69, 9.17) is 4.74 Å². The van der Waals surface area contributed by atoms with E-state index in [-0.39, 0.29) is 18.1 Å². The molecule has 0 unspecified atom stereocenters. The molecule has 0 aromatic carbocycles. The molecule has 5 heteroatoms. The first kappa shape index (κ1) is 16.2. The monoisotopic (exact) mass is 317 g/mol. The minimum Gasteiger partial charge on any atom is -0.372 e. The van der Waals surface area contributed by atoms with Gasteiger partial charge in [-0.25, -0.2) is 4.98 Å². The van der Waals surface area contributed by atoms with E-state index in [1.54, 1.807) is 0 Å². The van der Waals surface area contributed by atoms with Gasteiger partial charge in [-0.3, -0.25) is 4.79 Å². The molecule has 2 aliphatic heterocycles. The first-order valence-corrected chi connectivity index (χ1v) is 8.65. The summed E-state index contributed by atoms with van der Waals surface area (Å²) in [6, 6.07) is 4.13. The van der Waals surface area contributed by atoms with E-state index in [1.165, 1.54) is 5.56 Å². The molecule has 0 saturated carbocycles. The highest BCUT2D eigenvalue weighted by molar-refractivity contribution is 5.79. The van der Waals surface area contributed by atoms with Crippen LogP contribution in [0.25, 0.3) is 0 Å². The molecule has 2 fully saturated rings. The summed E-state index contributed by atoms with van der Waals surface area (Å²) < 4.78 is 5.73. The lowest BCUT2D eigenvalue weighted by Gasteiger charge is -2.39. The Bertz CT molecular complexity index is 545. The lowest BCUT2D eigenvalue weighted by atomic mass is 9.94. The van der Waals surface area contributed by atoms with Crippen molar-refractivity contribution in [3.63, 3.8) is 0 Å². The van der Waals surface area contributed by atoms with Crippen LogP contribution in [0.1, 0.15) is 32.3 Å². The van der Waals surface area contributed by atoms with Crippen LogP contribution in [0.2, 0.25) is 0 Å². The Morgan fingerprint density at radius 1 is 1.22 bits per heavy atom. The van der Waals surface area contributed by atoms with Crippen molar-refractivity contribution in [3.05, 3.63) is 23.9 Å². The number of aryl methyl sites for hydroxylation is 1. The van der Waals surface area contributed by atoms with Gasteiger partial charge in [0.15, 0.2) is 0 Å². The van der Waals surface area contributed by atoms with Crippen molar-refractivity contribution in [1.82, 2.24) is 9.88 Å². The lowest BCUT2D eigenvalue weighted by molar-refractivity contribution is -0.148. The Hall–Kier alpha value is -1.62. The van der Waals surface area contributed by atoms with Crippen molar-refractivity contribution in [2.75, 3.05) is 31.1 Å². The number of amides is 1. The molecule has 23 heavy (non-hydrogen) atoms. The minimum atomic E-state index is 0.138. The van der Waals surface area contributed by atoms with Gasteiger partial charge < -0.3 is 14.5 Å². The summed E-state index contributed by atoms with van der Waals surface area (Å²) in [5, 5.41) is 0. The maximum absolute atomic E-state index is 12.8. The molecule has 1 amide bonds. The molecular weight excluding hydrogens is 290 g/mol. The third-order valence-corrected chi connectivity index (χ3v) is 4.80. The van der Waals surface area contributed by atoms with Gasteiger partial charge in [-0.1, -0.05) is 0 Å². The summed E-state index contributed by atoms with van der Waals surface area (Å²) in [6.45, 7) is 9.43. The van der Waals surface area contributed by atoms with Gasteiger partial charge in [0, 0.05) is 38.3 Å². The first-order chi connectivity index (χ1) is 11.0. The molecule has 1 aromatic rings. The molecule has 0 radical (unpaired) electrons. The molecule has 0 aliphatic carbocycles. The Labute approximate surface area is 138 Å². The van der Waals surface area contributed by atoms with Crippen LogP contribution in [0.3, 0.4) is 0 Å². The Kier molecular flexibility index (Phi) is 4.85. The highest BCUT2D eigenvalue weighted by atomic mass is 16.5. The van der Waals surface area contributed by atoms with E-state index in [9.17, 15) is 4.79 Å². The van der Waals surface area contributed by atoms with Crippen LogP contribution in [0.4, 0.5) is 5.82 Å². The number of anilines is 1. The van der Waals surface area contributed by atoms with Gasteiger partial charge in [-0.2, -0.15) is 0 Å². The van der Waals surface area contributed by atoms with Crippen molar-refractivity contribution < 1.29 is 9.53 Å². The average Bonchev–Trinajstić information content (AvgIpc) is 2.53. The summed E-state index contributed by atoms with van der Waals surface area (Å²) in [5.74, 6) is 1.49. The fraction of sp³-hybridized carbons (Fsp3) is 0.667. The van der Waals surface area contributed by atoms with Crippen LogP contribution >= 0.6 is 0 Å². The van der Waals surface area contributed by atoms with E-state index in [1.807, 2.05) is 31.0 Å². The fourth-order valence-corrected chi connectivity index (χ4v) is 3.66. The molecule has 0 spiro atoms. The van der Waals surface area contributed by atoms with Gasteiger partial charge in [0.2, 0.25) is 5.91 Å². The summed E-state index contributed by atoms with van der Waals surface area (Å²) >= 11 is 0. The second-order valence-corrected chi connectivity index (χ2v) is 6.95. The molecule has 5 nitrogen and oxygen atoms in total. The number of rotatable bonds is 2. The molecule has 0 bridgehead atoms. The summed E-state index contributed by atoms with van der Waals surface area (Å²) in [7, 11) is 0. The van der Waals surface area contributed by atoms with Gasteiger partial charge >= 0.3 is 0 Å². The number of hydrogen-bond acceptors (Lipinski definition) is 4. The SMILES string of the molecule is Cc1ccnc(N2CCC(C(=O)N3C[C@H](C)O[C@@H](C)C3)CC2)c1. The predicted molar refractivity (Wildman–Crippen MR) is 90.5 cm³/mol. The molecular formula is C18H27N3O2. The molecule has 3 heterocycles. The number of nitrogens with zero attached hydrogens (tertiary/aromatic N) is 3. The number of morpholine rings is 1. The number of piperidine rings is 1. The fourth-order valence-electron chi connectivity index (χ4n) is 3.66. The van der Waals surface area contributed by atoms with Crippen molar-refractivity contribution in [3.8, 4) is 0 Å². The number of aromatic nitrogens is 1. The van der Waals surface area contributed by atoms with E-state index < -0.39 is 0 Å².